The lowest BCUT2D eigenvalue weighted by Gasteiger charge is -2.33. The molecule has 0 radical (unpaired) electrons. The molecule has 1 aromatic heterocycles. The van der Waals surface area contributed by atoms with Crippen LogP contribution in [0.5, 0.6) is 0 Å². The van der Waals surface area contributed by atoms with Crippen molar-refractivity contribution in [2.75, 3.05) is 4.90 Å². The average Bonchev–Trinajstić information content (AvgIpc) is 2.77. The van der Waals surface area contributed by atoms with E-state index in [-0.39, 0.29) is 5.43 Å². The Morgan fingerprint density at radius 2 is 1.28 bits per heavy atom. The Morgan fingerprint density at radius 3 is 2.03 bits per heavy atom. The highest BCUT2D eigenvalue weighted by Gasteiger charge is 2.23. The minimum atomic E-state index is 0.111. The molecule has 3 heteroatoms. The van der Waals surface area contributed by atoms with Crippen LogP contribution >= 0.6 is 11.3 Å². The Bertz CT molecular complexity index is 1420. The lowest BCUT2D eigenvalue weighted by Crippen LogP contribution is -2.18. The lowest BCUT2D eigenvalue weighted by atomic mass is 9.95. The third-order valence-corrected chi connectivity index (χ3v) is 6.80. The van der Waals surface area contributed by atoms with Crippen molar-refractivity contribution in [3.05, 3.63) is 112 Å². The Morgan fingerprint density at radius 1 is 0.655 bits per heavy atom. The molecule has 0 saturated heterocycles. The fourth-order valence-corrected chi connectivity index (χ4v) is 5.40. The van der Waals surface area contributed by atoms with Crippen LogP contribution < -0.4 is 10.3 Å². The molecule has 2 heterocycles. The molecule has 0 saturated carbocycles. The molecule has 0 unspecified atom stereocenters. The van der Waals surface area contributed by atoms with Crippen molar-refractivity contribution in [3.63, 3.8) is 0 Å². The number of nitrogens with zero attached hydrogens (tertiary/aromatic N) is 1. The summed E-state index contributed by atoms with van der Waals surface area (Å²) in [5.74, 6) is 0. The molecular formula is C26H17NOS. The smallest absolute Gasteiger partial charge is 0.195 e. The predicted molar refractivity (Wildman–Crippen MR) is 123 cm³/mol. The maximum atomic E-state index is 13.0. The molecule has 138 valence electrons. The van der Waals surface area contributed by atoms with E-state index in [4.69, 9.17) is 0 Å². The summed E-state index contributed by atoms with van der Waals surface area (Å²) in [6.45, 7) is 0. The van der Waals surface area contributed by atoms with E-state index in [2.05, 4.69) is 65.6 Å². The molecule has 0 spiro atoms. The van der Waals surface area contributed by atoms with Gasteiger partial charge in [-0.15, -0.1) is 11.3 Å². The highest BCUT2D eigenvalue weighted by molar-refractivity contribution is 7.24. The summed E-state index contributed by atoms with van der Waals surface area (Å²) in [7, 11) is 0. The molecule has 0 fully saturated rings. The van der Waals surface area contributed by atoms with Crippen LogP contribution in [0.3, 0.4) is 0 Å². The quantitative estimate of drug-likeness (QED) is 0.288. The number of fused-ring (bicyclic) bond motifs is 4. The first-order valence-electron chi connectivity index (χ1n) is 9.71. The zero-order valence-corrected chi connectivity index (χ0v) is 16.4. The minimum absolute atomic E-state index is 0.111. The lowest BCUT2D eigenvalue weighted by molar-refractivity contribution is 1.09. The molecule has 0 N–H and O–H groups in total. The molecule has 0 bridgehead atoms. The van der Waals surface area contributed by atoms with Gasteiger partial charge in [-0.25, -0.2) is 0 Å². The van der Waals surface area contributed by atoms with Crippen molar-refractivity contribution < 1.29 is 0 Å². The van der Waals surface area contributed by atoms with E-state index in [1.165, 1.54) is 22.5 Å². The fraction of sp³-hybridized carbons (Fsp3) is 0.0385. The van der Waals surface area contributed by atoms with Gasteiger partial charge in [0.2, 0.25) is 0 Å². The second kappa shape index (κ2) is 6.29. The molecule has 1 aliphatic rings. The van der Waals surface area contributed by atoms with Crippen molar-refractivity contribution in [2.45, 2.75) is 6.42 Å². The molecule has 6 rings (SSSR count). The molecule has 1 aliphatic heterocycles. The van der Waals surface area contributed by atoms with Crippen molar-refractivity contribution >= 4 is 48.6 Å². The number of hydrogen-bond donors (Lipinski definition) is 0. The molecule has 5 aromatic rings. The van der Waals surface area contributed by atoms with Gasteiger partial charge in [0.15, 0.2) is 5.43 Å². The Labute approximate surface area is 172 Å². The highest BCUT2D eigenvalue weighted by atomic mass is 32.1. The highest BCUT2D eigenvalue weighted by Crippen LogP contribution is 2.44. The Kier molecular flexibility index (Phi) is 3.58. The van der Waals surface area contributed by atoms with Crippen LogP contribution in [-0.2, 0) is 6.42 Å². The normalized spacial score (nSPS) is 12.8. The number of anilines is 3. The summed E-state index contributed by atoms with van der Waals surface area (Å²) in [5.41, 5.74) is 6.25. The third kappa shape index (κ3) is 2.51. The largest absolute Gasteiger partial charge is 0.310 e. The SMILES string of the molecule is O=c1c2ccccc2sc2cc(N3c4ccccc4Cc4ccccc43)ccc12. The molecule has 0 atom stereocenters. The van der Waals surface area contributed by atoms with E-state index in [0.717, 1.165) is 32.3 Å². The number of rotatable bonds is 1. The maximum absolute atomic E-state index is 13.0. The van der Waals surface area contributed by atoms with Crippen LogP contribution in [0.1, 0.15) is 11.1 Å². The molecule has 29 heavy (non-hydrogen) atoms. The summed E-state index contributed by atoms with van der Waals surface area (Å²) in [4.78, 5) is 15.3. The van der Waals surface area contributed by atoms with Gasteiger partial charge in [0.05, 0.1) is 0 Å². The molecule has 0 aliphatic carbocycles. The van der Waals surface area contributed by atoms with Gasteiger partial charge in [-0.2, -0.15) is 0 Å². The fourth-order valence-electron chi connectivity index (χ4n) is 4.30. The van der Waals surface area contributed by atoms with E-state index in [9.17, 15) is 4.79 Å². The predicted octanol–water partition coefficient (Wildman–Crippen LogP) is 6.79. The van der Waals surface area contributed by atoms with Gasteiger partial charge in [0.1, 0.15) is 0 Å². The summed E-state index contributed by atoms with van der Waals surface area (Å²) in [6.07, 6.45) is 0.939. The van der Waals surface area contributed by atoms with E-state index in [1.54, 1.807) is 11.3 Å². The zero-order valence-electron chi connectivity index (χ0n) is 15.6. The van der Waals surface area contributed by atoms with E-state index in [1.807, 2.05) is 30.3 Å². The van der Waals surface area contributed by atoms with Gasteiger partial charge in [0, 0.05) is 43.7 Å². The molecule has 4 aromatic carbocycles. The molecule has 2 nitrogen and oxygen atoms in total. The topological polar surface area (TPSA) is 20.3 Å². The maximum Gasteiger partial charge on any atom is 0.195 e. The van der Waals surface area contributed by atoms with Crippen LogP contribution in [-0.4, -0.2) is 0 Å². The number of benzene rings is 4. The second-order valence-corrected chi connectivity index (χ2v) is 8.46. The van der Waals surface area contributed by atoms with Crippen molar-refractivity contribution in [3.8, 4) is 0 Å². The summed E-state index contributed by atoms with van der Waals surface area (Å²) < 4.78 is 2.05. The van der Waals surface area contributed by atoms with E-state index in [0.29, 0.717) is 0 Å². The third-order valence-electron chi connectivity index (χ3n) is 5.67. The van der Waals surface area contributed by atoms with Gasteiger partial charge in [-0.3, -0.25) is 4.79 Å². The first kappa shape index (κ1) is 16.5. The van der Waals surface area contributed by atoms with Crippen molar-refractivity contribution in [1.29, 1.82) is 0 Å². The van der Waals surface area contributed by atoms with Crippen LogP contribution in [0, 0.1) is 0 Å². The van der Waals surface area contributed by atoms with E-state index < -0.39 is 0 Å². The van der Waals surface area contributed by atoms with Gasteiger partial charge >= 0.3 is 0 Å². The summed E-state index contributed by atoms with van der Waals surface area (Å²) in [6, 6.07) is 31.2. The molecule has 0 amide bonds. The first-order chi connectivity index (χ1) is 14.3. The van der Waals surface area contributed by atoms with Crippen LogP contribution in [0.25, 0.3) is 20.2 Å². The monoisotopic (exact) mass is 391 g/mol. The average molecular weight is 391 g/mol. The molecular weight excluding hydrogens is 374 g/mol. The van der Waals surface area contributed by atoms with Gasteiger partial charge in [-0.1, -0.05) is 48.5 Å². The van der Waals surface area contributed by atoms with Crippen LogP contribution in [0.15, 0.2) is 95.8 Å². The van der Waals surface area contributed by atoms with Gasteiger partial charge < -0.3 is 4.90 Å². The van der Waals surface area contributed by atoms with Gasteiger partial charge in [-0.05, 0) is 53.6 Å². The Balaban J connectivity index is 1.63. The first-order valence-corrected chi connectivity index (χ1v) is 10.5. The van der Waals surface area contributed by atoms with E-state index >= 15 is 0 Å². The number of hydrogen-bond acceptors (Lipinski definition) is 3. The zero-order chi connectivity index (χ0) is 19.4. The Hall–Kier alpha value is -3.43. The summed E-state index contributed by atoms with van der Waals surface area (Å²) in [5, 5.41) is 1.59. The number of para-hydroxylation sites is 2. The van der Waals surface area contributed by atoms with Crippen LogP contribution in [0.4, 0.5) is 17.1 Å². The van der Waals surface area contributed by atoms with Crippen molar-refractivity contribution in [2.24, 2.45) is 0 Å². The standard InChI is InChI=1S/C26H17NOS/c28-26-20-9-3-6-12-24(20)29-25-16-19(13-14-21(25)26)27-22-10-4-1-7-17(22)15-18-8-2-5-11-23(18)27/h1-14,16H,15H2. The second-order valence-electron chi connectivity index (χ2n) is 7.38. The van der Waals surface area contributed by atoms with Crippen molar-refractivity contribution in [1.82, 2.24) is 0 Å². The summed E-state index contributed by atoms with van der Waals surface area (Å²) >= 11 is 1.68. The minimum Gasteiger partial charge on any atom is -0.310 e. The van der Waals surface area contributed by atoms with Gasteiger partial charge in [0.25, 0.3) is 0 Å². The van der Waals surface area contributed by atoms with Crippen LogP contribution in [0.2, 0.25) is 0 Å².